The van der Waals surface area contributed by atoms with Crippen molar-refractivity contribution < 1.29 is 14.7 Å². The molecule has 4 nitrogen and oxygen atoms in total. The Hall–Kier alpha value is -0.900. The van der Waals surface area contributed by atoms with Gasteiger partial charge in [-0.15, -0.1) is 0 Å². The first kappa shape index (κ1) is 38.1. The van der Waals surface area contributed by atoms with E-state index in [0.29, 0.717) is 12.8 Å². The largest absolute Gasteiger partial charge is 0.383 e. The van der Waals surface area contributed by atoms with Crippen LogP contribution in [0.4, 0.5) is 0 Å². The summed E-state index contributed by atoms with van der Waals surface area (Å²) in [4.78, 5) is 26.2. The van der Waals surface area contributed by atoms with Crippen molar-refractivity contribution >= 4 is 11.7 Å². The number of amides is 1. The molecule has 4 heteroatoms. The molecule has 232 valence electrons. The molecule has 0 aliphatic rings. The lowest BCUT2D eigenvalue weighted by Crippen LogP contribution is -2.38. The van der Waals surface area contributed by atoms with Gasteiger partial charge in [-0.25, -0.2) is 0 Å². The lowest BCUT2D eigenvalue weighted by atomic mass is 10.0. The van der Waals surface area contributed by atoms with Gasteiger partial charge in [-0.1, -0.05) is 168 Å². The quantitative estimate of drug-likeness (QED) is 0.0872. The molecule has 39 heavy (non-hydrogen) atoms. The van der Waals surface area contributed by atoms with E-state index in [1.54, 1.807) is 11.9 Å². The molecule has 0 heterocycles. The second-order valence-corrected chi connectivity index (χ2v) is 12.2. The van der Waals surface area contributed by atoms with Crippen molar-refractivity contribution in [1.29, 1.82) is 0 Å². The highest BCUT2D eigenvalue weighted by Gasteiger charge is 2.19. The van der Waals surface area contributed by atoms with E-state index in [2.05, 4.69) is 13.8 Å². The maximum absolute atomic E-state index is 12.4. The van der Waals surface area contributed by atoms with Crippen LogP contribution < -0.4 is 0 Å². The molecule has 1 atom stereocenters. The van der Waals surface area contributed by atoms with E-state index < -0.39 is 6.10 Å². The maximum Gasteiger partial charge on any atom is 0.222 e. The number of unbranched alkanes of at least 4 members (excludes halogenated alkanes) is 24. The summed E-state index contributed by atoms with van der Waals surface area (Å²) in [7, 11) is 1.71. The summed E-state index contributed by atoms with van der Waals surface area (Å²) in [6.07, 6.45) is 33.3. The van der Waals surface area contributed by atoms with Crippen molar-refractivity contribution in [2.45, 2.75) is 200 Å². The van der Waals surface area contributed by atoms with E-state index in [-0.39, 0.29) is 18.2 Å². The van der Waals surface area contributed by atoms with Gasteiger partial charge in [0.15, 0.2) is 5.78 Å². The van der Waals surface area contributed by atoms with Gasteiger partial charge in [0.05, 0.1) is 6.54 Å². The average molecular weight is 552 g/mol. The third-order valence-electron chi connectivity index (χ3n) is 8.27. The van der Waals surface area contributed by atoms with Crippen LogP contribution in [0.1, 0.15) is 194 Å². The summed E-state index contributed by atoms with van der Waals surface area (Å²) in [5.41, 5.74) is 0. The Morgan fingerprint density at radius 2 is 0.769 bits per heavy atom. The molecule has 0 aliphatic heterocycles. The highest BCUT2D eigenvalue weighted by molar-refractivity contribution is 5.84. The van der Waals surface area contributed by atoms with Gasteiger partial charge in [0.1, 0.15) is 6.10 Å². The first-order chi connectivity index (χ1) is 19.0. The van der Waals surface area contributed by atoms with E-state index in [1.807, 2.05) is 0 Å². The van der Waals surface area contributed by atoms with E-state index in [0.717, 1.165) is 25.7 Å². The Bertz CT molecular complexity index is 490. The minimum atomic E-state index is -1.04. The molecule has 0 saturated carbocycles. The van der Waals surface area contributed by atoms with Crippen LogP contribution in [0.15, 0.2) is 0 Å². The topological polar surface area (TPSA) is 57.6 Å². The molecule has 0 aromatic carbocycles. The smallest absolute Gasteiger partial charge is 0.222 e. The second kappa shape index (κ2) is 30.1. The molecule has 1 amide bonds. The third kappa shape index (κ3) is 27.1. The van der Waals surface area contributed by atoms with Crippen LogP contribution in [0.3, 0.4) is 0 Å². The molecule has 0 spiro atoms. The zero-order valence-corrected chi connectivity index (χ0v) is 26.8. The Labute approximate surface area is 244 Å². The minimum absolute atomic E-state index is 0.0471. The molecule has 0 saturated heterocycles. The Morgan fingerprint density at radius 1 is 0.487 bits per heavy atom. The number of hydrogen-bond acceptors (Lipinski definition) is 3. The molecule has 0 radical (unpaired) electrons. The first-order valence-corrected chi connectivity index (χ1v) is 17.5. The number of nitrogens with zero attached hydrogens (tertiary/aromatic N) is 1. The van der Waals surface area contributed by atoms with Crippen molar-refractivity contribution in [3.05, 3.63) is 0 Å². The molecular formula is C35H69NO3. The second-order valence-electron chi connectivity index (χ2n) is 12.2. The molecule has 1 unspecified atom stereocenters. The fraction of sp³-hybridized carbons (Fsp3) is 0.943. The van der Waals surface area contributed by atoms with Gasteiger partial charge in [0.2, 0.25) is 5.91 Å². The molecule has 1 N–H and O–H groups in total. The molecule has 0 fully saturated rings. The number of ketones is 1. The van der Waals surface area contributed by atoms with Crippen LogP contribution in [0, 0.1) is 0 Å². The van der Waals surface area contributed by atoms with Crippen LogP contribution in [0.2, 0.25) is 0 Å². The molecule has 0 aromatic rings. The van der Waals surface area contributed by atoms with Gasteiger partial charge in [-0.2, -0.15) is 0 Å². The number of likely N-dealkylation sites (N-methyl/N-ethyl adjacent to an activating group) is 1. The zero-order valence-electron chi connectivity index (χ0n) is 26.8. The van der Waals surface area contributed by atoms with E-state index in [4.69, 9.17) is 0 Å². The van der Waals surface area contributed by atoms with Crippen LogP contribution >= 0.6 is 0 Å². The summed E-state index contributed by atoms with van der Waals surface area (Å²) >= 11 is 0. The van der Waals surface area contributed by atoms with Crippen molar-refractivity contribution in [2.75, 3.05) is 13.6 Å². The first-order valence-electron chi connectivity index (χ1n) is 17.5. The van der Waals surface area contributed by atoms with Crippen molar-refractivity contribution in [3.8, 4) is 0 Å². The number of rotatable bonds is 31. The zero-order chi connectivity index (χ0) is 28.8. The normalized spacial score (nSPS) is 12.1. The summed E-state index contributed by atoms with van der Waals surface area (Å²) in [5, 5.41) is 10.3. The Balaban J connectivity index is 3.56. The molecule has 0 aromatic heterocycles. The van der Waals surface area contributed by atoms with Gasteiger partial charge in [-0.3, -0.25) is 9.59 Å². The van der Waals surface area contributed by atoms with Gasteiger partial charge < -0.3 is 10.0 Å². The van der Waals surface area contributed by atoms with Crippen molar-refractivity contribution in [3.63, 3.8) is 0 Å². The van der Waals surface area contributed by atoms with Gasteiger partial charge in [0.25, 0.3) is 0 Å². The number of aliphatic hydroxyl groups is 1. The van der Waals surface area contributed by atoms with Crippen LogP contribution in [0.5, 0.6) is 0 Å². The molecule has 0 rings (SSSR count). The van der Waals surface area contributed by atoms with Crippen LogP contribution in [-0.4, -0.2) is 41.4 Å². The summed E-state index contributed by atoms with van der Waals surface area (Å²) in [6.45, 7) is 4.67. The average Bonchev–Trinajstić information content (AvgIpc) is 2.93. The number of carbonyl (C=O) groups is 2. The Kier molecular flexibility index (Phi) is 29.4. The van der Waals surface area contributed by atoms with Gasteiger partial charge in [0, 0.05) is 19.9 Å². The SMILES string of the molecule is CCCCCCCCCCCCCCCC(=O)C(O)CN(C)C(=O)CCCCCCCCCCCCCCC. The fourth-order valence-corrected chi connectivity index (χ4v) is 5.43. The molecule has 0 aliphatic carbocycles. The monoisotopic (exact) mass is 552 g/mol. The van der Waals surface area contributed by atoms with E-state index >= 15 is 0 Å². The summed E-state index contributed by atoms with van der Waals surface area (Å²) in [5.74, 6) is -0.0652. The lowest BCUT2D eigenvalue weighted by Gasteiger charge is -2.20. The molecular weight excluding hydrogens is 482 g/mol. The highest BCUT2D eigenvalue weighted by Crippen LogP contribution is 2.15. The number of Topliss-reactive ketones (excluding diaryl/α,β-unsaturated/α-hetero) is 1. The van der Waals surface area contributed by atoms with Gasteiger partial charge in [-0.05, 0) is 12.8 Å². The summed E-state index contributed by atoms with van der Waals surface area (Å²) in [6, 6.07) is 0. The lowest BCUT2D eigenvalue weighted by molar-refractivity contribution is -0.134. The number of hydrogen-bond donors (Lipinski definition) is 1. The number of aliphatic hydroxyl groups excluding tert-OH is 1. The standard InChI is InChI=1S/C35H69NO3/c1-4-6-8-10-12-14-16-18-20-22-24-26-28-30-33(37)34(38)32-36(3)35(39)31-29-27-25-23-21-19-17-15-13-11-9-7-5-2/h34,38H,4-32H2,1-3H3. The maximum atomic E-state index is 12.4. The third-order valence-corrected chi connectivity index (χ3v) is 8.27. The Morgan fingerprint density at radius 3 is 1.10 bits per heavy atom. The minimum Gasteiger partial charge on any atom is -0.383 e. The van der Waals surface area contributed by atoms with Crippen molar-refractivity contribution in [1.82, 2.24) is 4.90 Å². The molecule has 0 bridgehead atoms. The van der Waals surface area contributed by atoms with E-state index in [9.17, 15) is 14.7 Å². The summed E-state index contributed by atoms with van der Waals surface area (Å²) < 4.78 is 0. The van der Waals surface area contributed by atoms with Crippen molar-refractivity contribution in [2.24, 2.45) is 0 Å². The van der Waals surface area contributed by atoms with Crippen LogP contribution in [0.25, 0.3) is 0 Å². The predicted molar refractivity (Wildman–Crippen MR) is 169 cm³/mol. The van der Waals surface area contributed by atoms with Gasteiger partial charge >= 0.3 is 0 Å². The highest BCUT2D eigenvalue weighted by atomic mass is 16.3. The fourth-order valence-electron chi connectivity index (χ4n) is 5.43. The van der Waals surface area contributed by atoms with Crippen LogP contribution in [-0.2, 0) is 9.59 Å². The number of carbonyl (C=O) groups excluding carboxylic acids is 2. The predicted octanol–water partition coefficient (Wildman–Crippen LogP) is 10.3. The van der Waals surface area contributed by atoms with E-state index in [1.165, 1.54) is 141 Å².